The van der Waals surface area contributed by atoms with Gasteiger partial charge in [-0.1, -0.05) is 0 Å². The van der Waals surface area contributed by atoms with Gasteiger partial charge in [-0.15, -0.1) is 0 Å². The zero-order valence-electron chi connectivity index (χ0n) is 2.81. The summed E-state index contributed by atoms with van der Waals surface area (Å²) >= 11 is 0.156. The van der Waals surface area contributed by atoms with Gasteiger partial charge in [0.05, 0.1) is 0 Å². The molecule has 0 spiro atoms. The van der Waals surface area contributed by atoms with E-state index in [0.717, 1.165) is 0 Å². The maximum atomic E-state index is 2.36. The molecule has 0 aromatic carbocycles. The molecule has 5 heavy (non-hydrogen) atoms. The normalized spacial score (nSPS) is 16.0. The Kier molecular flexibility index (Phi) is 3.13. The van der Waals surface area contributed by atoms with Gasteiger partial charge in [0, 0.05) is 0 Å². The van der Waals surface area contributed by atoms with Crippen LogP contribution in [0.25, 0.3) is 0 Å². The summed E-state index contributed by atoms with van der Waals surface area (Å²) in [4.78, 5) is 0. The molecular weight excluding hydrogens is 261 g/mol. The summed E-state index contributed by atoms with van der Waals surface area (Å²) in [6.07, 6.45) is 2.26. The second-order valence-corrected chi connectivity index (χ2v) is 4.75. The van der Waals surface area contributed by atoms with Crippen molar-refractivity contribution < 1.29 is 5.48 Å². The van der Waals surface area contributed by atoms with Gasteiger partial charge in [-0.3, -0.25) is 0 Å². The van der Waals surface area contributed by atoms with Crippen molar-refractivity contribution in [2.24, 2.45) is 0 Å². The molecule has 0 bridgehead atoms. The molecule has 0 aliphatic carbocycles. The average Bonchev–Trinajstić information content (AvgIpc) is 0.722. The number of allylic oxidation sites excluding steroid dienone is 1. The van der Waals surface area contributed by atoms with Crippen molar-refractivity contribution in [2.75, 3.05) is 0 Å². The first kappa shape index (κ1) is 5.58. The van der Waals surface area contributed by atoms with Gasteiger partial charge in [-0.25, -0.2) is 0 Å². The van der Waals surface area contributed by atoms with E-state index in [4.69, 9.17) is 0 Å². The van der Waals surface area contributed by atoms with Crippen LogP contribution in [0, 0.1) is 0 Å². The molecule has 0 saturated heterocycles. The minimum absolute atomic E-state index is 0. The number of rotatable bonds is 0. The van der Waals surface area contributed by atoms with Crippen molar-refractivity contribution in [1.82, 2.24) is 0 Å². The fourth-order valence-electron chi connectivity index (χ4n) is 0.105. The van der Waals surface area contributed by atoms with E-state index in [2.05, 4.69) is 9.86 Å². The fourth-order valence-corrected chi connectivity index (χ4v) is 0.925. The molecule has 0 unspecified atom stereocenters. The minimum Gasteiger partial charge on any atom is -0.412 e. The summed E-state index contributed by atoms with van der Waals surface area (Å²) in [6.45, 7) is 0. The molecule has 29 valence electrons. The maximum Gasteiger partial charge on any atom is -0.412 e. The van der Waals surface area contributed by atoms with Gasteiger partial charge in [0.25, 0.3) is 0 Å². The van der Waals surface area contributed by atoms with Crippen molar-refractivity contribution in [2.45, 2.75) is 4.13 Å². The van der Waals surface area contributed by atoms with E-state index in [1.165, 1.54) is 4.13 Å². The molecule has 0 atom stereocenters. The Hall–Kier alpha value is 0.583. The van der Waals surface area contributed by atoms with E-state index in [0.29, 0.717) is 0 Å². The first-order chi connectivity index (χ1) is 2.00. The summed E-state index contributed by atoms with van der Waals surface area (Å²) in [5, 5.41) is 0. The molecule has 0 fully saturated rings. The number of hydrogen-bond donors (Lipinski definition) is 0. The van der Waals surface area contributed by atoms with Crippen LogP contribution in [-0.2, 0) is 0 Å². The Bertz CT molecular complexity index is 36.2. The van der Waals surface area contributed by atoms with Crippen LogP contribution >= 0.6 is 0 Å². The van der Waals surface area contributed by atoms with Crippen molar-refractivity contribution in [3.8, 4) is 0 Å². The first-order valence-corrected chi connectivity index (χ1v) is 5.78. The Morgan fingerprint density at radius 2 is 1.80 bits per heavy atom. The smallest absolute Gasteiger partial charge is 0.412 e. The van der Waals surface area contributed by atoms with Gasteiger partial charge in [-0.2, -0.15) is 0 Å². The summed E-state index contributed by atoms with van der Waals surface area (Å²) in [5.41, 5.74) is 0. The predicted octanol–water partition coefficient (Wildman–Crippen LogP) is -0.189. The van der Waals surface area contributed by atoms with Gasteiger partial charge < -0.3 is 5.48 Å². The third kappa shape index (κ3) is 1.46. The molecular formula is C3H6BiO. The third-order valence-corrected chi connectivity index (χ3v) is 3.70. The topological polar surface area (TPSA) is 31.5 Å². The molecule has 1 radical (unpaired) electrons. The molecule has 2 N–H and O–H groups in total. The van der Waals surface area contributed by atoms with Crippen molar-refractivity contribution >= 4 is 23.2 Å². The van der Waals surface area contributed by atoms with Crippen LogP contribution in [-0.4, -0.2) is 28.7 Å². The van der Waals surface area contributed by atoms with Crippen LogP contribution in [0.4, 0.5) is 0 Å². The van der Waals surface area contributed by atoms with E-state index in [1.807, 2.05) is 0 Å². The van der Waals surface area contributed by atoms with Crippen LogP contribution < -0.4 is 0 Å². The Labute approximate surface area is 43.0 Å². The van der Waals surface area contributed by atoms with Crippen molar-refractivity contribution in [3.63, 3.8) is 0 Å². The largest absolute Gasteiger partial charge is 0.412 e. The van der Waals surface area contributed by atoms with Gasteiger partial charge in [0.2, 0.25) is 0 Å². The second kappa shape index (κ2) is 2.80. The van der Waals surface area contributed by atoms with Crippen LogP contribution in [0.15, 0.2) is 9.86 Å². The standard InChI is InChI=1S/C3H4.Bi.H2O/c1-3-2;;/h1,3H,2H2;;1H2. The Morgan fingerprint density at radius 1 is 1.60 bits per heavy atom. The van der Waals surface area contributed by atoms with E-state index in [-0.39, 0.29) is 28.7 Å². The maximum absolute atomic E-state index is 2.36. The summed E-state index contributed by atoms with van der Waals surface area (Å²) in [6, 6.07) is 0. The van der Waals surface area contributed by atoms with Gasteiger partial charge in [0.1, 0.15) is 0 Å². The minimum atomic E-state index is 0. The molecule has 0 saturated carbocycles. The zero-order chi connectivity index (χ0) is 2.83. The third-order valence-electron chi connectivity index (χ3n) is 0.422. The second-order valence-electron chi connectivity index (χ2n) is 0.750. The molecule has 0 amide bonds. The summed E-state index contributed by atoms with van der Waals surface area (Å²) in [5.74, 6) is 0. The van der Waals surface area contributed by atoms with Crippen LogP contribution in [0.1, 0.15) is 0 Å². The van der Waals surface area contributed by atoms with Crippen molar-refractivity contribution in [3.05, 3.63) is 9.86 Å². The van der Waals surface area contributed by atoms with E-state index >= 15 is 0 Å². The first-order valence-electron chi connectivity index (χ1n) is 1.32. The van der Waals surface area contributed by atoms with E-state index < -0.39 is 0 Å². The van der Waals surface area contributed by atoms with Gasteiger partial charge >= 0.3 is 37.2 Å². The molecule has 1 aliphatic heterocycles. The molecule has 0 aromatic heterocycles. The molecule has 0 aromatic rings. The molecule has 1 nitrogen and oxygen atoms in total. The average molecular weight is 267 g/mol. The zero-order valence-corrected chi connectivity index (χ0v) is 6.29. The van der Waals surface area contributed by atoms with Crippen LogP contribution in [0.5, 0.6) is 0 Å². The Balaban J connectivity index is 0.000000160. The monoisotopic (exact) mass is 267 g/mol. The molecule has 1 rings (SSSR count). The van der Waals surface area contributed by atoms with E-state index in [9.17, 15) is 0 Å². The number of hydrogen-bond acceptors (Lipinski definition) is 0. The fraction of sp³-hybridized carbons (Fsp3) is 0.333. The molecule has 2 heteroatoms. The molecule has 1 aliphatic rings. The van der Waals surface area contributed by atoms with Crippen LogP contribution in [0.2, 0.25) is 4.13 Å². The summed E-state index contributed by atoms with van der Waals surface area (Å²) < 4.78 is 3.86. The molecule has 1 heterocycles. The van der Waals surface area contributed by atoms with E-state index in [1.54, 1.807) is 0 Å². The van der Waals surface area contributed by atoms with Gasteiger partial charge in [-0.05, 0) is 0 Å². The van der Waals surface area contributed by atoms with Crippen LogP contribution in [0.3, 0.4) is 0 Å². The Morgan fingerprint density at radius 3 is 1.80 bits per heavy atom. The summed E-state index contributed by atoms with van der Waals surface area (Å²) in [7, 11) is 0. The van der Waals surface area contributed by atoms with Gasteiger partial charge in [0.15, 0.2) is 0 Å². The predicted molar refractivity (Wildman–Crippen MR) is 23.3 cm³/mol. The SMILES string of the molecule is C1=[CH][Bi][CH2]1.O. The quantitative estimate of drug-likeness (QED) is 0.545. The van der Waals surface area contributed by atoms with Crippen molar-refractivity contribution in [1.29, 1.82) is 0 Å².